The van der Waals surface area contributed by atoms with Gasteiger partial charge in [-0.05, 0) is 25.8 Å². The third-order valence-electron chi connectivity index (χ3n) is 3.62. The average molecular weight is 239 g/mol. The molecule has 0 aromatic rings. The van der Waals surface area contributed by atoms with Gasteiger partial charge in [-0.1, -0.05) is 12.8 Å². The highest BCUT2D eigenvalue weighted by Gasteiger charge is 2.32. The Morgan fingerprint density at radius 1 is 1.35 bits per heavy atom. The molecule has 2 aliphatic rings. The normalized spacial score (nSPS) is 30.2. The van der Waals surface area contributed by atoms with Gasteiger partial charge in [0.2, 0.25) is 11.8 Å². The van der Waals surface area contributed by atoms with Gasteiger partial charge in [0.05, 0.1) is 6.04 Å². The van der Waals surface area contributed by atoms with Crippen LogP contribution in [0.5, 0.6) is 0 Å². The fraction of sp³-hybridized carbons (Fsp3) is 0.833. The van der Waals surface area contributed by atoms with Crippen LogP contribution in [0.3, 0.4) is 0 Å². The lowest BCUT2D eigenvalue weighted by Gasteiger charge is -2.18. The quantitative estimate of drug-likeness (QED) is 0.705. The maximum absolute atomic E-state index is 12.0. The molecule has 96 valence electrons. The molecule has 0 bridgehead atoms. The van der Waals surface area contributed by atoms with Crippen LogP contribution in [-0.2, 0) is 9.59 Å². The number of carbonyl (C=O) groups excluding carboxylic acids is 2. The fourth-order valence-corrected chi connectivity index (χ4v) is 2.48. The maximum atomic E-state index is 12.0. The number of amides is 2. The van der Waals surface area contributed by atoms with E-state index in [2.05, 4.69) is 10.6 Å². The lowest BCUT2D eigenvalue weighted by Crippen LogP contribution is -2.49. The van der Waals surface area contributed by atoms with E-state index in [9.17, 15) is 9.59 Å². The van der Waals surface area contributed by atoms with Crippen molar-refractivity contribution in [2.24, 2.45) is 0 Å². The van der Waals surface area contributed by atoms with Crippen LogP contribution in [0.4, 0.5) is 0 Å². The van der Waals surface area contributed by atoms with Gasteiger partial charge in [0.25, 0.3) is 0 Å². The van der Waals surface area contributed by atoms with E-state index in [-0.39, 0.29) is 23.9 Å². The zero-order chi connectivity index (χ0) is 12.3. The molecule has 2 unspecified atom stereocenters. The van der Waals surface area contributed by atoms with Gasteiger partial charge in [-0.3, -0.25) is 9.59 Å². The van der Waals surface area contributed by atoms with Crippen molar-refractivity contribution in [3.63, 3.8) is 0 Å². The third-order valence-corrected chi connectivity index (χ3v) is 3.62. The molecule has 0 spiro atoms. The van der Waals surface area contributed by atoms with Crippen molar-refractivity contribution < 1.29 is 9.59 Å². The summed E-state index contributed by atoms with van der Waals surface area (Å²) < 4.78 is 0. The summed E-state index contributed by atoms with van der Waals surface area (Å²) in [5, 5.41) is 6.11. The van der Waals surface area contributed by atoms with Gasteiger partial charge >= 0.3 is 0 Å². The molecule has 0 radical (unpaired) electrons. The van der Waals surface area contributed by atoms with Crippen LogP contribution in [0.25, 0.3) is 0 Å². The zero-order valence-corrected chi connectivity index (χ0v) is 10.4. The van der Waals surface area contributed by atoms with Crippen LogP contribution >= 0.6 is 0 Å². The largest absolute Gasteiger partial charge is 0.344 e. The smallest absolute Gasteiger partial charge is 0.244 e. The van der Waals surface area contributed by atoms with E-state index in [1.165, 1.54) is 6.42 Å². The highest BCUT2D eigenvalue weighted by molar-refractivity contribution is 5.90. The Bertz CT molecular complexity index is 298. The zero-order valence-electron chi connectivity index (χ0n) is 10.4. The first-order valence-corrected chi connectivity index (χ1v) is 6.47. The molecule has 0 aliphatic carbocycles. The molecular formula is C12H21N3O2. The van der Waals surface area contributed by atoms with E-state index in [4.69, 9.17) is 0 Å². The summed E-state index contributed by atoms with van der Waals surface area (Å²) in [5.74, 6) is 0.0209. The van der Waals surface area contributed by atoms with Gasteiger partial charge in [-0.2, -0.15) is 0 Å². The fourth-order valence-electron chi connectivity index (χ4n) is 2.48. The van der Waals surface area contributed by atoms with Crippen LogP contribution < -0.4 is 10.6 Å². The number of likely N-dealkylation sites (N-methyl/N-ethyl adjacent to an activating group) is 1. The topological polar surface area (TPSA) is 61.4 Å². The summed E-state index contributed by atoms with van der Waals surface area (Å²) >= 11 is 0. The second-order valence-electron chi connectivity index (χ2n) is 4.97. The van der Waals surface area contributed by atoms with Crippen LogP contribution in [0.1, 0.15) is 32.1 Å². The van der Waals surface area contributed by atoms with Crippen molar-refractivity contribution >= 4 is 11.8 Å². The first-order chi connectivity index (χ1) is 8.18. The summed E-state index contributed by atoms with van der Waals surface area (Å²) in [6.07, 6.45) is 5.01. The van der Waals surface area contributed by atoms with Crippen molar-refractivity contribution in [3.05, 3.63) is 0 Å². The Morgan fingerprint density at radius 2 is 2.18 bits per heavy atom. The lowest BCUT2D eigenvalue weighted by atomic mass is 10.1. The van der Waals surface area contributed by atoms with Gasteiger partial charge in [-0.25, -0.2) is 0 Å². The molecule has 5 heteroatoms. The van der Waals surface area contributed by atoms with Crippen LogP contribution in [-0.4, -0.2) is 48.9 Å². The van der Waals surface area contributed by atoms with E-state index in [1.807, 2.05) is 0 Å². The summed E-state index contributed by atoms with van der Waals surface area (Å²) in [6.45, 7) is 1.64. The van der Waals surface area contributed by atoms with Crippen molar-refractivity contribution in [3.8, 4) is 0 Å². The van der Waals surface area contributed by atoms with Crippen LogP contribution in [0.2, 0.25) is 0 Å². The van der Waals surface area contributed by atoms with Gasteiger partial charge in [-0.15, -0.1) is 0 Å². The number of rotatable bonds is 2. The van der Waals surface area contributed by atoms with Gasteiger partial charge in [0, 0.05) is 13.6 Å². The molecule has 17 heavy (non-hydrogen) atoms. The van der Waals surface area contributed by atoms with Crippen molar-refractivity contribution in [2.75, 3.05) is 20.1 Å². The number of hydrogen-bond acceptors (Lipinski definition) is 3. The van der Waals surface area contributed by atoms with E-state index in [0.717, 1.165) is 38.8 Å². The maximum Gasteiger partial charge on any atom is 0.244 e. The summed E-state index contributed by atoms with van der Waals surface area (Å²) in [5.41, 5.74) is 0. The van der Waals surface area contributed by atoms with E-state index < -0.39 is 0 Å². The van der Waals surface area contributed by atoms with Crippen LogP contribution in [0, 0.1) is 0 Å². The Morgan fingerprint density at radius 3 is 2.88 bits per heavy atom. The van der Waals surface area contributed by atoms with Crippen molar-refractivity contribution in [2.45, 2.75) is 44.2 Å². The lowest BCUT2D eigenvalue weighted by molar-refractivity contribution is -0.132. The monoisotopic (exact) mass is 239 g/mol. The third kappa shape index (κ3) is 2.97. The number of hydrogen-bond donors (Lipinski definition) is 2. The van der Waals surface area contributed by atoms with Crippen molar-refractivity contribution in [1.29, 1.82) is 0 Å². The van der Waals surface area contributed by atoms with E-state index in [0.29, 0.717) is 0 Å². The molecule has 2 fully saturated rings. The molecule has 0 aromatic carbocycles. The highest BCUT2D eigenvalue weighted by Crippen LogP contribution is 2.11. The second kappa shape index (κ2) is 5.49. The van der Waals surface area contributed by atoms with Crippen LogP contribution in [0.15, 0.2) is 0 Å². The Labute approximate surface area is 102 Å². The summed E-state index contributed by atoms with van der Waals surface area (Å²) in [7, 11) is 1.78. The molecule has 2 amide bonds. The average Bonchev–Trinajstić information content (AvgIpc) is 2.59. The number of likely N-dealkylation sites (tertiary alicyclic amines) is 1. The van der Waals surface area contributed by atoms with Gasteiger partial charge in [0.1, 0.15) is 6.04 Å². The highest BCUT2D eigenvalue weighted by atomic mass is 16.2. The molecule has 0 aromatic heterocycles. The minimum Gasteiger partial charge on any atom is -0.344 e. The molecule has 2 rings (SSSR count). The molecule has 0 saturated carbocycles. The predicted octanol–water partition coefficient (Wildman–Crippen LogP) is -0.134. The molecule has 2 atom stereocenters. The number of nitrogens with zero attached hydrogens (tertiary/aromatic N) is 1. The van der Waals surface area contributed by atoms with E-state index >= 15 is 0 Å². The van der Waals surface area contributed by atoms with Crippen molar-refractivity contribution in [1.82, 2.24) is 15.5 Å². The molecule has 2 heterocycles. The summed E-state index contributed by atoms with van der Waals surface area (Å²) in [4.78, 5) is 25.4. The molecule has 2 N–H and O–H groups in total. The van der Waals surface area contributed by atoms with Gasteiger partial charge in [0.15, 0.2) is 0 Å². The minimum absolute atomic E-state index is 0.0134. The Kier molecular flexibility index (Phi) is 3.99. The Hall–Kier alpha value is -1.10. The van der Waals surface area contributed by atoms with E-state index in [1.54, 1.807) is 11.9 Å². The first-order valence-electron chi connectivity index (χ1n) is 6.47. The summed E-state index contributed by atoms with van der Waals surface area (Å²) in [6, 6.07) is -0.422. The predicted molar refractivity (Wildman–Crippen MR) is 64.4 cm³/mol. The van der Waals surface area contributed by atoms with Gasteiger partial charge < -0.3 is 15.5 Å². The molecule has 2 aliphatic heterocycles. The Balaban J connectivity index is 1.85. The minimum atomic E-state index is -0.308. The molecular weight excluding hydrogens is 218 g/mol. The molecule has 5 nitrogen and oxygen atoms in total. The standard InChI is InChI=1S/C12H21N3O2/c1-15-8-6-10(12(15)17)14-11(16)9-5-3-2-4-7-13-9/h9-10,13H,2-8H2,1H3,(H,14,16). The number of nitrogens with one attached hydrogen (secondary N) is 2. The number of carbonyl (C=O) groups is 2. The molecule has 2 saturated heterocycles. The first kappa shape index (κ1) is 12.4. The SMILES string of the molecule is CN1CCC(NC(=O)C2CCCCCN2)C1=O. The second-order valence-corrected chi connectivity index (χ2v) is 4.97.